The minimum absolute atomic E-state index is 0.000112. The molecule has 0 saturated heterocycles. The molecule has 0 heterocycles. The summed E-state index contributed by atoms with van der Waals surface area (Å²) in [6.45, 7) is 4.82. The predicted octanol–water partition coefficient (Wildman–Crippen LogP) is 6.67. The highest BCUT2D eigenvalue weighted by Gasteiger charge is 2.34. The van der Waals surface area contributed by atoms with Crippen molar-refractivity contribution in [3.05, 3.63) is 93.5 Å². The number of halogens is 2. The number of carbonyl (C=O) groups excluding carboxylic acids is 2. The molecule has 1 atom stereocenters. The quantitative estimate of drug-likeness (QED) is 0.271. The summed E-state index contributed by atoms with van der Waals surface area (Å²) in [7, 11) is -4.14. The molecule has 1 aliphatic carbocycles. The van der Waals surface area contributed by atoms with Crippen LogP contribution >= 0.6 is 23.2 Å². The van der Waals surface area contributed by atoms with Crippen molar-refractivity contribution in [2.45, 2.75) is 76.4 Å². The third kappa shape index (κ3) is 7.65. The Hall–Kier alpha value is -3.07. The Kier molecular flexibility index (Phi) is 10.6. The molecule has 3 aromatic carbocycles. The number of nitrogens with zero attached hydrogens (tertiary/aromatic N) is 2. The highest BCUT2D eigenvalue weighted by atomic mass is 35.5. The standard InChI is InChI=1S/C32H37Cl2N3O4S/c1-22-14-15-23(2)30(18-22)37(42(40,41)28-12-8-5-9-13-28)21-31(38)36(20-25-16-17-26(33)19-29(25)34)24(3)32(39)35-27-10-6-4-7-11-27/h5,8-9,12-19,24,27H,4,6-7,10-11,20-21H2,1-3H3,(H,35,39)/t24-/m0/s1. The summed E-state index contributed by atoms with van der Waals surface area (Å²) in [6, 6.07) is 17.6. The average molecular weight is 631 g/mol. The van der Waals surface area contributed by atoms with Crippen LogP contribution in [0.4, 0.5) is 5.69 Å². The Bertz CT molecular complexity index is 1530. The molecule has 0 aromatic heterocycles. The fourth-order valence-electron chi connectivity index (χ4n) is 5.21. The van der Waals surface area contributed by atoms with Crippen LogP contribution in [0.3, 0.4) is 0 Å². The van der Waals surface area contributed by atoms with Gasteiger partial charge >= 0.3 is 0 Å². The van der Waals surface area contributed by atoms with Gasteiger partial charge in [-0.3, -0.25) is 13.9 Å². The first kappa shape index (κ1) is 31.9. The molecule has 7 nitrogen and oxygen atoms in total. The topological polar surface area (TPSA) is 86.8 Å². The van der Waals surface area contributed by atoms with Crippen LogP contribution in [0.1, 0.15) is 55.7 Å². The largest absolute Gasteiger partial charge is 0.352 e. The number of amides is 2. The van der Waals surface area contributed by atoms with E-state index in [9.17, 15) is 18.0 Å². The first-order chi connectivity index (χ1) is 20.0. The van der Waals surface area contributed by atoms with Crippen molar-refractivity contribution in [3.8, 4) is 0 Å². The molecule has 42 heavy (non-hydrogen) atoms. The highest BCUT2D eigenvalue weighted by Crippen LogP contribution is 2.29. The van der Waals surface area contributed by atoms with Gasteiger partial charge in [0.15, 0.2) is 0 Å². The van der Waals surface area contributed by atoms with E-state index in [2.05, 4.69) is 5.32 Å². The molecule has 0 spiro atoms. The molecule has 0 aliphatic heterocycles. The number of carbonyl (C=O) groups is 2. The summed E-state index contributed by atoms with van der Waals surface area (Å²) in [6.07, 6.45) is 5.02. The maximum Gasteiger partial charge on any atom is 0.264 e. The highest BCUT2D eigenvalue weighted by molar-refractivity contribution is 7.92. The van der Waals surface area contributed by atoms with Crippen LogP contribution in [0.25, 0.3) is 0 Å². The number of sulfonamides is 1. The molecule has 224 valence electrons. The monoisotopic (exact) mass is 629 g/mol. The van der Waals surface area contributed by atoms with Gasteiger partial charge in [0.25, 0.3) is 10.0 Å². The number of benzene rings is 3. The zero-order valence-electron chi connectivity index (χ0n) is 24.1. The fraction of sp³-hybridized carbons (Fsp3) is 0.375. The SMILES string of the molecule is Cc1ccc(C)c(N(CC(=O)N(Cc2ccc(Cl)cc2Cl)[C@@H](C)C(=O)NC2CCCCC2)S(=O)(=O)c2ccccc2)c1. The van der Waals surface area contributed by atoms with Gasteiger partial charge in [0.1, 0.15) is 12.6 Å². The van der Waals surface area contributed by atoms with Crippen LogP contribution in [-0.4, -0.2) is 43.8 Å². The second-order valence-corrected chi connectivity index (χ2v) is 13.6. The van der Waals surface area contributed by atoms with Crippen molar-refractivity contribution >= 4 is 50.7 Å². The lowest BCUT2D eigenvalue weighted by Crippen LogP contribution is -2.53. The first-order valence-corrected chi connectivity index (χ1v) is 16.4. The van der Waals surface area contributed by atoms with Gasteiger partial charge in [-0.15, -0.1) is 0 Å². The van der Waals surface area contributed by atoms with Gasteiger partial charge in [-0.2, -0.15) is 0 Å². The molecule has 1 saturated carbocycles. The predicted molar refractivity (Wildman–Crippen MR) is 168 cm³/mol. The summed E-state index contributed by atoms with van der Waals surface area (Å²) in [5.41, 5.74) is 2.54. The van der Waals surface area contributed by atoms with Crippen molar-refractivity contribution in [1.29, 1.82) is 0 Å². The Morgan fingerprint density at radius 2 is 1.64 bits per heavy atom. The number of hydrogen-bond donors (Lipinski definition) is 1. The summed E-state index contributed by atoms with van der Waals surface area (Å²) >= 11 is 12.6. The molecule has 1 aliphatic rings. The van der Waals surface area contributed by atoms with Crippen LogP contribution < -0.4 is 9.62 Å². The van der Waals surface area contributed by atoms with E-state index in [1.807, 2.05) is 19.1 Å². The van der Waals surface area contributed by atoms with Gasteiger partial charge in [0.05, 0.1) is 10.6 Å². The molecule has 4 rings (SSSR count). The normalized spacial score (nSPS) is 14.7. The Morgan fingerprint density at radius 3 is 2.31 bits per heavy atom. The molecule has 0 unspecified atom stereocenters. The van der Waals surface area contributed by atoms with Crippen LogP contribution in [-0.2, 0) is 26.2 Å². The van der Waals surface area contributed by atoms with Gasteiger partial charge in [0.2, 0.25) is 11.8 Å². The lowest BCUT2D eigenvalue weighted by molar-refractivity contribution is -0.139. The third-order valence-corrected chi connectivity index (χ3v) is 10.1. The molecule has 1 N–H and O–H groups in total. The minimum Gasteiger partial charge on any atom is -0.352 e. The molecule has 0 radical (unpaired) electrons. The van der Waals surface area contributed by atoms with Gasteiger partial charge in [-0.05, 0) is 80.6 Å². The van der Waals surface area contributed by atoms with Crippen molar-refractivity contribution < 1.29 is 18.0 Å². The molecule has 2 amide bonds. The van der Waals surface area contributed by atoms with E-state index in [-0.39, 0.29) is 23.4 Å². The van der Waals surface area contributed by atoms with Crippen molar-refractivity contribution in [1.82, 2.24) is 10.2 Å². The summed E-state index contributed by atoms with van der Waals surface area (Å²) < 4.78 is 29.2. The van der Waals surface area contributed by atoms with Crippen LogP contribution in [0, 0.1) is 13.8 Å². The first-order valence-electron chi connectivity index (χ1n) is 14.2. The second-order valence-electron chi connectivity index (χ2n) is 10.9. The van der Waals surface area contributed by atoms with E-state index in [0.29, 0.717) is 26.9 Å². The van der Waals surface area contributed by atoms with E-state index in [1.165, 1.54) is 17.0 Å². The van der Waals surface area contributed by atoms with E-state index in [4.69, 9.17) is 23.2 Å². The zero-order valence-corrected chi connectivity index (χ0v) is 26.5. The van der Waals surface area contributed by atoms with Crippen molar-refractivity contribution in [2.24, 2.45) is 0 Å². The maximum atomic E-state index is 14.2. The molecule has 0 bridgehead atoms. The van der Waals surface area contributed by atoms with Gasteiger partial charge in [-0.25, -0.2) is 8.42 Å². The molecule has 10 heteroatoms. The lowest BCUT2D eigenvalue weighted by atomic mass is 9.95. The van der Waals surface area contributed by atoms with Crippen LogP contribution in [0.2, 0.25) is 10.0 Å². The van der Waals surface area contributed by atoms with Crippen molar-refractivity contribution in [2.75, 3.05) is 10.8 Å². The zero-order chi connectivity index (χ0) is 30.4. The summed E-state index contributed by atoms with van der Waals surface area (Å²) in [5.74, 6) is -0.822. The number of hydrogen-bond acceptors (Lipinski definition) is 4. The number of aryl methyl sites for hydroxylation is 2. The van der Waals surface area contributed by atoms with Crippen LogP contribution in [0.5, 0.6) is 0 Å². The smallest absolute Gasteiger partial charge is 0.264 e. The summed E-state index contributed by atoms with van der Waals surface area (Å²) in [4.78, 5) is 29.1. The second kappa shape index (κ2) is 13.9. The lowest BCUT2D eigenvalue weighted by Gasteiger charge is -2.33. The van der Waals surface area contributed by atoms with Crippen molar-refractivity contribution in [3.63, 3.8) is 0 Å². The molecular weight excluding hydrogens is 593 g/mol. The van der Waals surface area contributed by atoms with Gasteiger partial charge < -0.3 is 10.2 Å². The average Bonchev–Trinajstić information content (AvgIpc) is 2.97. The van der Waals surface area contributed by atoms with E-state index < -0.39 is 28.5 Å². The van der Waals surface area contributed by atoms with E-state index in [1.54, 1.807) is 56.3 Å². The number of anilines is 1. The Balaban J connectivity index is 1.72. The van der Waals surface area contributed by atoms with E-state index >= 15 is 0 Å². The maximum absolute atomic E-state index is 14.2. The molecule has 3 aromatic rings. The van der Waals surface area contributed by atoms with Gasteiger partial charge in [-0.1, -0.05) is 78.9 Å². The number of rotatable bonds is 10. The Morgan fingerprint density at radius 1 is 0.952 bits per heavy atom. The van der Waals surface area contributed by atoms with Gasteiger partial charge in [0, 0.05) is 22.6 Å². The van der Waals surface area contributed by atoms with Crippen LogP contribution in [0.15, 0.2) is 71.6 Å². The van der Waals surface area contributed by atoms with E-state index in [0.717, 1.165) is 42.0 Å². The fourth-order valence-corrected chi connectivity index (χ4v) is 7.17. The summed E-state index contributed by atoms with van der Waals surface area (Å²) in [5, 5.41) is 3.90. The molecular formula is C32H37Cl2N3O4S. The number of nitrogens with one attached hydrogen (secondary N) is 1. The Labute approximate surface area is 258 Å². The molecule has 1 fully saturated rings. The minimum atomic E-state index is -4.14. The third-order valence-electron chi connectivity index (χ3n) is 7.72.